The summed E-state index contributed by atoms with van der Waals surface area (Å²) in [7, 11) is 3.75. The van der Waals surface area contributed by atoms with Crippen LogP contribution in [0.3, 0.4) is 0 Å². The molecular formula is C10H11IN2O. The maximum atomic E-state index is 11.6. The van der Waals surface area contributed by atoms with Crippen LogP contribution in [0.15, 0.2) is 30.6 Å². The first kappa shape index (κ1) is 11.2. The van der Waals surface area contributed by atoms with Gasteiger partial charge in [-0.05, 0) is 34.7 Å². The first-order valence-corrected chi connectivity index (χ1v) is 5.18. The summed E-state index contributed by atoms with van der Waals surface area (Å²) < 4.78 is 0.735. The van der Waals surface area contributed by atoms with E-state index in [1.54, 1.807) is 30.6 Å². The van der Waals surface area contributed by atoms with Gasteiger partial charge in [-0.1, -0.05) is 0 Å². The van der Waals surface area contributed by atoms with Crippen molar-refractivity contribution in [1.82, 2.24) is 9.88 Å². The predicted molar refractivity (Wildman–Crippen MR) is 64.1 cm³/mol. The van der Waals surface area contributed by atoms with Crippen molar-refractivity contribution in [2.24, 2.45) is 0 Å². The van der Waals surface area contributed by atoms with E-state index < -0.39 is 0 Å². The highest BCUT2D eigenvalue weighted by Gasteiger charge is 2.06. The highest BCUT2D eigenvalue weighted by atomic mass is 127. The van der Waals surface area contributed by atoms with Gasteiger partial charge in [0, 0.05) is 32.6 Å². The van der Waals surface area contributed by atoms with E-state index in [9.17, 15) is 4.79 Å². The summed E-state index contributed by atoms with van der Waals surface area (Å²) in [6, 6.07) is 3.54. The molecule has 0 bridgehead atoms. The van der Waals surface area contributed by atoms with Crippen LogP contribution in [0, 0.1) is 3.70 Å². The summed E-state index contributed by atoms with van der Waals surface area (Å²) in [5.41, 5.74) is 0.645. The number of hydrogen-bond acceptors (Lipinski definition) is 3. The Morgan fingerprint density at radius 2 is 2.29 bits per heavy atom. The number of rotatable bonds is 3. The second-order valence-electron chi connectivity index (χ2n) is 2.99. The van der Waals surface area contributed by atoms with Crippen molar-refractivity contribution < 1.29 is 4.79 Å². The summed E-state index contributed by atoms with van der Waals surface area (Å²) in [6.07, 6.45) is 4.94. The fraction of sp³-hybridized carbons (Fsp3) is 0.200. The zero-order valence-electron chi connectivity index (χ0n) is 8.07. The van der Waals surface area contributed by atoms with Crippen LogP contribution in [-0.4, -0.2) is 29.8 Å². The number of ketones is 1. The molecule has 3 nitrogen and oxygen atoms in total. The van der Waals surface area contributed by atoms with E-state index in [0.29, 0.717) is 5.56 Å². The first-order chi connectivity index (χ1) is 6.61. The minimum absolute atomic E-state index is 0.0174. The van der Waals surface area contributed by atoms with Crippen LogP contribution in [0.4, 0.5) is 0 Å². The molecule has 4 heteroatoms. The van der Waals surface area contributed by atoms with E-state index in [1.165, 1.54) is 0 Å². The molecule has 0 atom stereocenters. The van der Waals surface area contributed by atoms with E-state index in [4.69, 9.17) is 0 Å². The molecule has 0 spiro atoms. The van der Waals surface area contributed by atoms with Gasteiger partial charge in [-0.15, -0.1) is 0 Å². The number of halogens is 1. The van der Waals surface area contributed by atoms with Gasteiger partial charge in [0.25, 0.3) is 0 Å². The molecule has 0 unspecified atom stereocenters. The number of aromatic nitrogens is 1. The van der Waals surface area contributed by atoms with Crippen molar-refractivity contribution in [3.63, 3.8) is 0 Å². The highest BCUT2D eigenvalue weighted by Crippen LogP contribution is 2.09. The molecule has 0 aliphatic carbocycles. The zero-order chi connectivity index (χ0) is 10.6. The number of carbonyl (C=O) groups is 1. The number of carbonyl (C=O) groups excluding carboxylic acids is 1. The Labute approximate surface area is 97.0 Å². The number of hydrogen-bond donors (Lipinski definition) is 0. The molecule has 1 aromatic heterocycles. The lowest BCUT2D eigenvalue weighted by Crippen LogP contribution is -2.04. The lowest BCUT2D eigenvalue weighted by Gasteiger charge is -2.03. The van der Waals surface area contributed by atoms with Crippen LogP contribution in [0.5, 0.6) is 0 Å². The normalized spacial score (nSPS) is 10.5. The Balaban J connectivity index is 2.85. The monoisotopic (exact) mass is 302 g/mol. The maximum absolute atomic E-state index is 11.6. The minimum Gasteiger partial charge on any atom is -0.383 e. The van der Waals surface area contributed by atoms with Crippen molar-refractivity contribution >= 4 is 28.4 Å². The fourth-order valence-electron chi connectivity index (χ4n) is 0.876. The van der Waals surface area contributed by atoms with E-state index >= 15 is 0 Å². The predicted octanol–water partition coefficient (Wildman–Crippen LogP) is 1.94. The Morgan fingerprint density at radius 3 is 2.86 bits per heavy atom. The van der Waals surface area contributed by atoms with Gasteiger partial charge in [0.2, 0.25) is 0 Å². The van der Waals surface area contributed by atoms with Gasteiger partial charge < -0.3 is 4.90 Å². The van der Waals surface area contributed by atoms with Gasteiger partial charge in [0.05, 0.1) is 5.56 Å². The fourth-order valence-corrected chi connectivity index (χ4v) is 1.48. The first-order valence-electron chi connectivity index (χ1n) is 4.10. The van der Waals surface area contributed by atoms with Gasteiger partial charge in [0.1, 0.15) is 3.70 Å². The topological polar surface area (TPSA) is 33.2 Å². The molecule has 0 amide bonds. The number of allylic oxidation sites excluding steroid dienone is 1. The van der Waals surface area contributed by atoms with Crippen molar-refractivity contribution in [1.29, 1.82) is 0 Å². The van der Waals surface area contributed by atoms with Crippen LogP contribution < -0.4 is 0 Å². The second-order valence-corrected chi connectivity index (χ2v) is 4.01. The standard InChI is InChI=1S/C10H11IN2O/c1-13(2)7-5-9(14)8-4-3-6-12-10(8)11/h3-7H,1-2H3. The lowest BCUT2D eigenvalue weighted by molar-refractivity contribution is 0.104. The van der Waals surface area contributed by atoms with E-state index in [0.717, 1.165) is 3.70 Å². The van der Waals surface area contributed by atoms with Gasteiger partial charge in [-0.3, -0.25) is 4.79 Å². The lowest BCUT2D eigenvalue weighted by atomic mass is 10.2. The minimum atomic E-state index is -0.0174. The summed E-state index contributed by atoms with van der Waals surface area (Å²) >= 11 is 2.05. The summed E-state index contributed by atoms with van der Waals surface area (Å²) in [6.45, 7) is 0. The van der Waals surface area contributed by atoms with Crippen molar-refractivity contribution in [3.05, 3.63) is 39.9 Å². The van der Waals surface area contributed by atoms with Crippen LogP contribution in [0.25, 0.3) is 0 Å². The molecule has 0 radical (unpaired) electrons. The molecule has 1 heterocycles. The van der Waals surface area contributed by atoms with E-state index in [1.807, 2.05) is 19.0 Å². The van der Waals surface area contributed by atoms with Gasteiger partial charge in [0.15, 0.2) is 5.78 Å². The number of nitrogens with zero attached hydrogens (tertiary/aromatic N) is 2. The summed E-state index contributed by atoms with van der Waals surface area (Å²) in [5.74, 6) is -0.0174. The molecule has 0 N–H and O–H groups in total. The molecule has 0 saturated carbocycles. The Bertz CT molecular complexity index is 361. The van der Waals surface area contributed by atoms with E-state index in [2.05, 4.69) is 27.6 Å². The molecule has 74 valence electrons. The molecule has 0 saturated heterocycles. The third-order valence-electron chi connectivity index (χ3n) is 1.55. The van der Waals surface area contributed by atoms with E-state index in [-0.39, 0.29) is 5.78 Å². The average molecular weight is 302 g/mol. The number of pyridine rings is 1. The zero-order valence-corrected chi connectivity index (χ0v) is 10.2. The summed E-state index contributed by atoms with van der Waals surface area (Å²) in [5, 5.41) is 0. The largest absolute Gasteiger partial charge is 0.383 e. The smallest absolute Gasteiger partial charge is 0.189 e. The van der Waals surface area contributed by atoms with Crippen LogP contribution in [-0.2, 0) is 0 Å². The van der Waals surface area contributed by atoms with Crippen molar-refractivity contribution in [2.45, 2.75) is 0 Å². The van der Waals surface area contributed by atoms with Gasteiger partial charge >= 0.3 is 0 Å². The third-order valence-corrected chi connectivity index (χ3v) is 2.41. The Hall–Kier alpha value is -0.910. The van der Waals surface area contributed by atoms with Crippen LogP contribution >= 0.6 is 22.6 Å². The molecule has 1 rings (SSSR count). The Kier molecular flexibility index (Phi) is 4.06. The van der Waals surface area contributed by atoms with Crippen molar-refractivity contribution in [2.75, 3.05) is 14.1 Å². The van der Waals surface area contributed by atoms with Gasteiger partial charge in [-0.25, -0.2) is 4.98 Å². The van der Waals surface area contributed by atoms with Crippen LogP contribution in [0.1, 0.15) is 10.4 Å². The Morgan fingerprint density at radius 1 is 1.57 bits per heavy atom. The summed E-state index contributed by atoms with van der Waals surface area (Å²) in [4.78, 5) is 17.5. The second kappa shape index (κ2) is 5.09. The molecule has 0 aliphatic rings. The molecule has 14 heavy (non-hydrogen) atoms. The molecule has 0 aliphatic heterocycles. The molecule has 0 fully saturated rings. The van der Waals surface area contributed by atoms with Gasteiger partial charge in [-0.2, -0.15) is 0 Å². The van der Waals surface area contributed by atoms with Crippen molar-refractivity contribution in [3.8, 4) is 0 Å². The SMILES string of the molecule is CN(C)C=CC(=O)c1cccnc1I. The van der Waals surface area contributed by atoms with Crippen LogP contribution in [0.2, 0.25) is 0 Å². The highest BCUT2D eigenvalue weighted by molar-refractivity contribution is 14.1. The quantitative estimate of drug-likeness (QED) is 0.370. The molecule has 0 aromatic carbocycles. The molecule has 1 aromatic rings. The molecular weight excluding hydrogens is 291 g/mol. The average Bonchev–Trinajstić information content (AvgIpc) is 2.15. The maximum Gasteiger partial charge on any atom is 0.189 e. The third kappa shape index (κ3) is 3.10.